The Morgan fingerprint density at radius 2 is 1.83 bits per heavy atom. The standard InChI is InChI=1S/C29H30N2O3.CH4/c1-19-7-3-4-8-21(19)17-34-29-15-23-20(13-28(29)33-2)11-12-30-16-27-24(14-26(23)30)22-9-5-6-10-25(22)31(27)18-32;/h3-10,13,15,26,32H,11-12,14,16-18H2,1-2H3;1H4. The number of ether oxygens (including phenoxy) is 2. The molecule has 1 atom stereocenters. The van der Waals surface area contributed by atoms with Crippen LogP contribution in [-0.4, -0.2) is 28.2 Å². The lowest BCUT2D eigenvalue weighted by Gasteiger charge is -2.41. The number of hydrogen-bond donors (Lipinski definition) is 1. The van der Waals surface area contributed by atoms with E-state index in [0.717, 1.165) is 42.9 Å². The van der Waals surface area contributed by atoms with E-state index >= 15 is 0 Å². The highest BCUT2D eigenvalue weighted by atomic mass is 16.5. The summed E-state index contributed by atoms with van der Waals surface area (Å²) in [5.41, 5.74) is 8.81. The number of rotatable bonds is 5. The normalized spacial score (nSPS) is 16.7. The van der Waals surface area contributed by atoms with Crippen LogP contribution in [0.15, 0.2) is 60.7 Å². The summed E-state index contributed by atoms with van der Waals surface area (Å²) in [6.07, 6.45) is 1.91. The summed E-state index contributed by atoms with van der Waals surface area (Å²) in [6.45, 7) is 4.49. The van der Waals surface area contributed by atoms with Gasteiger partial charge in [0, 0.05) is 30.2 Å². The van der Waals surface area contributed by atoms with Crippen LogP contribution < -0.4 is 9.47 Å². The van der Waals surface area contributed by atoms with Gasteiger partial charge in [0.05, 0.1) is 12.6 Å². The number of aryl methyl sites for hydroxylation is 1. The summed E-state index contributed by atoms with van der Waals surface area (Å²) in [5.74, 6) is 1.60. The van der Waals surface area contributed by atoms with Crippen LogP contribution in [0.5, 0.6) is 11.5 Å². The molecule has 0 saturated carbocycles. The molecule has 5 heteroatoms. The van der Waals surface area contributed by atoms with Gasteiger partial charge in [-0.3, -0.25) is 4.90 Å². The zero-order valence-electron chi connectivity index (χ0n) is 19.8. The highest BCUT2D eigenvalue weighted by molar-refractivity contribution is 5.86. The SMILES string of the molecule is C.COc1cc2c(cc1OCc1ccccc1C)C1Cc3c(n(CO)c4ccccc34)CN1CC2. The Bertz CT molecular complexity index is 1370. The molecule has 0 radical (unpaired) electrons. The molecule has 0 fully saturated rings. The lowest BCUT2D eigenvalue weighted by molar-refractivity contribution is 0.145. The molecule has 4 aromatic rings. The van der Waals surface area contributed by atoms with Crippen molar-refractivity contribution in [2.75, 3.05) is 13.7 Å². The van der Waals surface area contributed by atoms with Gasteiger partial charge in [0.2, 0.25) is 0 Å². The van der Waals surface area contributed by atoms with Gasteiger partial charge in [-0.05, 0) is 65.8 Å². The minimum atomic E-state index is 0. The van der Waals surface area contributed by atoms with Crippen LogP contribution >= 0.6 is 0 Å². The summed E-state index contributed by atoms with van der Waals surface area (Å²) in [5, 5.41) is 11.4. The molecule has 1 unspecified atom stereocenters. The third-order valence-corrected chi connectivity index (χ3v) is 7.62. The van der Waals surface area contributed by atoms with Gasteiger partial charge in [-0.15, -0.1) is 0 Å². The van der Waals surface area contributed by atoms with Crippen molar-refractivity contribution in [1.82, 2.24) is 9.47 Å². The Kier molecular flexibility index (Phi) is 6.30. The number of methoxy groups -OCH3 is 1. The number of hydrogen-bond acceptors (Lipinski definition) is 4. The van der Waals surface area contributed by atoms with Crippen molar-refractivity contribution >= 4 is 10.9 Å². The molecule has 0 bridgehead atoms. The quantitative estimate of drug-likeness (QED) is 0.402. The van der Waals surface area contributed by atoms with Gasteiger partial charge in [0.25, 0.3) is 0 Å². The second-order valence-corrected chi connectivity index (χ2v) is 9.37. The van der Waals surface area contributed by atoms with Crippen LogP contribution in [0, 0.1) is 6.92 Å². The molecule has 0 aliphatic carbocycles. The van der Waals surface area contributed by atoms with Crippen LogP contribution in [-0.2, 0) is 32.7 Å². The number of benzene rings is 3. The first kappa shape index (κ1) is 23.5. The Morgan fingerprint density at radius 1 is 1.03 bits per heavy atom. The molecule has 6 rings (SSSR count). The van der Waals surface area contributed by atoms with E-state index in [9.17, 15) is 5.11 Å². The van der Waals surface area contributed by atoms with E-state index in [1.165, 1.54) is 38.9 Å². The van der Waals surface area contributed by atoms with Crippen LogP contribution in [0.1, 0.15) is 47.0 Å². The lowest BCUT2D eigenvalue weighted by Crippen LogP contribution is -2.39. The molecule has 2 aliphatic rings. The molecule has 2 aliphatic heterocycles. The first-order valence-corrected chi connectivity index (χ1v) is 12.0. The maximum absolute atomic E-state index is 10.1. The molecule has 3 aromatic carbocycles. The Morgan fingerprint density at radius 3 is 2.63 bits per heavy atom. The minimum Gasteiger partial charge on any atom is -0.493 e. The number of fused-ring (bicyclic) bond motifs is 6. The molecule has 1 N–H and O–H groups in total. The smallest absolute Gasteiger partial charge is 0.162 e. The van der Waals surface area contributed by atoms with E-state index in [2.05, 4.69) is 71.0 Å². The van der Waals surface area contributed by atoms with Crippen LogP contribution in [0.2, 0.25) is 0 Å². The molecular weight excluding hydrogens is 436 g/mol. The van der Waals surface area contributed by atoms with Crippen LogP contribution in [0.4, 0.5) is 0 Å². The molecular formula is C30H34N2O3. The number of aliphatic hydroxyl groups is 1. The van der Waals surface area contributed by atoms with E-state index in [1.807, 2.05) is 6.07 Å². The zero-order valence-corrected chi connectivity index (χ0v) is 19.8. The first-order chi connectivity index (χ1) is 16.7. The summed E-state index contributed by atoms with van der Waals surface area (Å²) in [4.78, 5) is 2.55. The fraction of sp³-hybridized carbons (Fsp3) is 0.333. The largest absolute Gasteiger partial charge is 0.493 e. The molecule has 0 saturated heterocycles. The maximum Gasteiger partial charge on any atom is 0.162 e. The fourth-order valence-corrected chi connectivity index (χ4v) is 5.77. The number of aliphatic hydroxyl groups excluding tert-OH is 1. The van der Waals surface area contributed by atoms with Crippen molar-refractivity contribution in [3.63, 3.8) is 0 Å². The van der Waals surface area contributed by atoms with Crippen LogP contribution in [0.25, 0.3) is 10.9 Å². The molecule has 1 aromatic heterocycles. The molecule has 0 amide bonds. The van der Waals surface area contributed by atoms with Gasteiger partial charge < -0.3 is 19.1 Å². The van der Waals surface area contributed by atoms with Gasteiger partial charge in [-0.25, -0.2) is 0 Å². The first-order valence-electron chi connectivity index (χ1n) is 12.0. The van der Waals surface area contributed by atoms with Crippen molar-refractivity contribution in [2.24, 2.45) is 0 Å². The molecule has 182 valence electrons. The maximum atomic E-state index is 10.1. The zero-order chi connectivity index (χ0) is 23.2. The minimum absolute atomic E-state index is 0. The van der Waals surface area contributed by atoms with Gasteiger partial charge in [0.15, 0.2) is 11.5 Å². The lowest BCUT2D eigenvalue weighted by atomic mass is 9.85. The third-order valence-electron chi connectivity index (χ3n) is 7.62. The molecule has 3 heterocycles. The number of nitrogens with zero attached hydrogens (tertiary/aromatic N) is 2. The van der Waals surface area contributed by atoms with E-state index in [4.69, 9.17) is 9.47 Å². The van der Waals surface area contributed by atoms with Crippen molar-refractivity contribution in [2.45, 2.75) is 53.1 Å². The molecule has 5 nitrogen and oxygen atoms in total. The van der Waals surface area contributed by atoms with Gasteiger partial charge in [-0.2, -0.15) is 0 Å². The topological polar surface area (TPSA) is 46.9 Å². The van der Waals surface area contributed by atoms with E-state index < -0.39 is 0 Å². The second-order valence-electron chi connectivity index (χ2n) is 9.37. The Labute approximate surface area is 207 Å². The summed E-state index contributed by atoms with van der Waals surface area (Å²) < 4.78 is 14.1. The number of para-hydroxylation sites is 1. The number of aromatic nitrogens is 1. The molecule has 35 heavy (non-hydrogen) atoms. The van der Waals surface area contributed by atoms with E-state index in [-0.39, 0.29) is 14.2 Å². The molecule has 0 spiro atoms. The average Bonchev–Trinajstić information content (AvgIpc) is 3.19. The van der Waals surface area contributed by atoms with Crippen molar-refractivity contribution in [3.05, 3.63) is 94.2 Å². The highest BCUT2D eigenvalue weighted by Crippen LogP contribution is 2.44. The van der Waals surface area contributed by atoms with Gasteiger partial charge in [-0.1, -0.05) is 49.9 Å². The van der Waals surface area contributed by atoms with E-state index in [0.29, 0.717) is 12.6 Å². The van der Waals surface area contributed by atoms with Crippen molar-refractivity contribution < 1.29 is 14.6 Å². The Hall–Kier alpha value is -3.28. The summed E-state index contributed by atoms with van der Waals surface area (Å²) >= 11 is 0. The summed E-state index contributed by atoms with van der Waals surface area (Å²) in [6, 6.07) is 21.4. The second kappa shape index (κ2) is 9.40. The predicted octanol–water partition coefficient (Wildman–Crippen LogP) is 5.78. The van der Waals surface area contributed by atoms with Gasteiger partial charge in [0.1, 0.15) is 13.3 Å². The van der Waals surface area contributed by atoms with E-state index in [1.54, 1.807) is 7.11 Å². The van der Waals surface area contributed by atoms with Crippen molar-refractivity contribution in [1.29, 1.82) is 0 Å². The summed E-state index contributed by atoms with van der Waals surface area (Å²) in [7, 11) is 1.72. The predicted molar refractivity (Wildman–Crippen MR) is 140 cm³/mol. The average molecular weight is 471 g/mol. The third kappa shape index (κ3) is 3.89. The van der Waals surface area contributed by atoms with Crippen molar-refractivity contribution in [3.8, 4) is 11.5 Å². The highest BCUT2D eigenvalue weighted by Gasteiger charge is 2.35. The monoisotopic (exact) mass is 470 g/mol. The van der Waals surface area contributed by atoms with Crippen LogP contribution in [0.3, 0.4) is 0 Å². The Balaban J connectivity index is 0.00000253. The van der Waals surface area contributed by atoms with Gasteiger partial charge >= 0.3 is 0 Å². The fourth-order valence-electron chi connectivity index (χ4n) is 5.77.